The van der Waals surface area contributed by atoms with Gasteiger partial charge in [0, 0.05) is 17.0 Å². The number of ketones is 1. The van der Waals surface area contributed by atoms with E-state index < -0.39 is 0 Å². The normalized spacial score (nSPS) is 12.8. The first-order valence-electron chi connectivity index (χ1n) is 9.36. The van der Waals surface area contributed by atoms with Gasteiger partial charge in [0.05, 0.1) is 0 Å². The number of aryl methyl sites for hydroxylation is 1. The molecule has 0 aliphatic rings. The van der Waals surface area contributed by atoms with Crippen LogP contribution in [0.4, 0.5) is 0 Å². The average molecular weight is 391 g/mol. The molecule has 2 nitrogen and oxygen atoms in total. The predicted molar refractivity (Wildman–Crippen MR) is 116 cm³/mol. The van der Waals surface area contributed by atoms with Gasteiger partial charge in [-0.1, -0.05) is 71.3 Å². The van der Waals surface area contributed by atoms with Crippen molar-refractivity contribution in [1.82, 2.24) is 0 Å². The number of Topliss-reactive ketones (excluding diaryl/α,β-unsaturated/α-hetero) is 1. The quantitative estimate of drug-likeness (QED) is 0.266. The lowest BCUT2D eigenvalue weighted by atomic mass is 9.86. The number of hydrogen-bond acceptors (Lipinski definition) is 2. The maximum absolute atomic E-state index is 12.8. The first-order chi connectivity index (χ1) is 13.5. The number of rotatable bonds is 7. The summed E-state index contributed by atoms with van der Waals surface area (Å²) in [6.45, 7) is 3.92. The third-order valence-corrected chi connectivity index (χ3v) is 5.36. The van der Waals surface area contributed by atoms with Gasteiger partial charge in [-0.15, -0.1) is 0 Å². The Morgan fingerprint density at radius 2 is 1.68 bits per heavy atom. The molecule has 0 amide bonds. The van der Waals surface area contributed by atoms with E-state index in [2.05, 4.69) is 12.1 Å². The van der Waals surface area contributed by atoms with Crippen LogP contribution in [-0.2, 0) is 11.2 Å². The first-order valence-corrected chi connectivity index (χ1v) is 9.74. The third-order valence-electron chi connectivity index (χ3n) is 5.13. The van der Waals surface area contributed by atoms with Crippen molar-refractivity contribution in [2.75, 3.05) is 0 Å². The van der Waals surface area contributed by atoms with Gasteiger partial charge in [-0.05, 0) is 60.7 Å². The van der Waals surface area contributed by atoms with Crippen LogP contribution in [0.25, 0.3) is 10.8 Å². The summed E-state index contributed by atoms with van der Waals surface area (Å²) in [6, 6.07) is 19.7. The fourth-order valence-electron chi connectivity index (χ4n) is 3.40. The Bertz CT molecular complexity index is 1030. The Kier molecular flexibility index (Phi) is 6.43. The van der Waals surface area contributed by atoms with E-state index in [0.717, 1.165) is 33.8 Å². The van der Waals surface area contributed by atoms with Crippen molar-refractivity contribution in [2.24, 2.45) is 5.92 Å². The molecule has 3 heteroatoms. The van der Waals surface area contributed by atoms with E-state index in [1.807, 2.05) is 62.4 Å². The molecule has 1 atom stereocenters. The first kappa shape index (κ1) is 20.0. The highest BCUT2D eigenvalue weighted by Crippen LogP contribution is 2.26. The van der Waals surface area contributed by atoms with Gasteiger partial charge >= 0.3 is 0 Å². The molecule has 0 aliphatic heterocycles. The van der Waals surface area contributed by atoms with Crippen molar-refractivity contribution in [2.45, 2.75) is 26.7 Å². The minimum atomic E-state index is -0.0243. The highest BCUT2D eigenvalue weighted by molar-refractivity contribution is 6.31. The molecule has 28 heavy (non-hydrogen) atoms. The summed E-state index contributed by atoms with van der Waals surface area (Å²) in [5.74, 6) is 0.0694. The fraction of sp³-hybridized carbons (Fsp3) is 0.200. The van der Waals surface area contributed by atoms with E-state index in [1.54, 1.807) is 6.08 Å². The Balaban J connectivity index is 1.84. The van der Waals surface area contributed by atoms with Crippen LogP contribution >= 0.6 is 11.6 Å². The zero-order chi connectivity index (χ0) is 20.1. The summed E-state index contributed by atoms with van der Waals surface area (Å²) >= 11 is 6.07. The molecule has 0 radical (unpaired) electrons. The summed E-state index contributed by atoms with van der Waals surface area (Å²) < 4.78 is 0. The number of hydrogen-bond donors (Lipinski definition) is 0. The molecule has 0 heterocycles. The van der Waals surface area contributed by atoms with E-state index in [0.29, 0.717) is 23.4 Å². The van der Waals surface area contributed by atoms with E-state index >= 15 is 0 Å². The lowest BCUT2D eigenvalue weighted by Crippen LogP contribution is -2.13. The second-order valence-electron chi connectivity index (χ2n) is 7.27. The molecule has 3 rings (SSSR count). The number of halogens is 1. The van der Waals surface area contributed by atoms with Crippen molar-refractivity contribution in [3.63, 3.8) is 0 Å². The zero-order valence-electron chi connectivity index (χ0n) is 16.1. The Morgan fingerprint density at radius 3 is 2.39 bits per heavy atom. The van der Waals surface area contributed by atoms with Crippen LogP contribution in [0, 0.1) is 12.8 Å². The van der Waals surface area contributed by atoms with Crippen LogP contribution in [0.5, 0.6) is 0 Å². The summed E-state index contributed by atoms with van der Waals surface area (Å²) in [5, 5.41) is 2.91. The Labute approximate surface area is 170 Å². The Hall–Kier alpha value is -2.71. The van der Waals surface area contributed by atoms with Crippen molar-refractivity contribution in [1.29, 1.82) is 0 Å². The molecule has 0 bridgehead atoms. The van der Waals surface area contributed by atoms with E-state index in [4.69, 9.17) is 11.6 Å². The third kappa shape index (κ3) is 4.96. The predicted octanol–water partition coefficient (Wildman–Crippen LogP) is 6.38. The largest absolute Gasteiger partial charge is 0.299 e. The summed E-state index contributed by atoms with van der Waals surface area (Å²) in [7, 11) is 0. The molecule has 1 unspecified atom stereocenters. The standard InChI is InChI=1S/C25H23ClO2/c1-17-3-6-20(7-4-17)25(28)16-23(18(2)11-12-27)14-19-5-8-22-15-24(26)10-9-21(22)13-19/h3-13,15,23H,14,16H2,1-2H3. The monoisotopic (exact) mass is 390 g/mol. The average Bonchev–Trinajstić information content (AvgIpc) is 2.68. The van der Waals surface area contributed by atoms with Crippen LogP contribution in [0.3, 0.4) is 0 Å². The number of fused-ring (bicyclic) bond motifs is 1. The van der Waals surface area contributed by atoms with E-state index in [-0.39, 0.29) is 11.7 Å². The Morgan fingerprint density at radius 1 is 1.00 bits per heavy atom. The second-order valence-corrected chi connectivity index (χ2v) is 7.70. The second kappa shape index (κ2) is 8.99. The highest BCUT2D eigenvalue weighted by atomic mass is 35.5. The van der Waals surface area contributed by atoms with Crippen LogP contribution in [0.1, 0.15) is 34.8 Å². The lowest BCUT2D eigenvalue weighted by molar-refractivity contribution is -0.104. The van der Waals surface area contributed by atoms with Crippen molar-refractivity contribution in [3.05, 3.63) is 94.0 Å². The van der Waals surface area contributed by atoms with Crippen molar-refractivity contribution in [3.8, 4) is 0 Å². The maximum Gasteiger partial charge on any atom is 0.163 e. The molecular formula is C25H23ClO2. The van der Waals surface area contributed by atoms with Crippen LogP contribution in [0.2, 0.25) is 5.02 Å². The van der Waals surface area contributed by atoms with Gasteiger partial charge in [0.1, 0.15) is 6.29 Å². The summed E-state index contributed by atoms with van der Waals surface area (Å²) in [5.41, 5.74) is 3.89. The molecule has 142 valence electrons. The smallest absolute Gasteiger partial charge is 0.163 e. The number of carbonyl (C=O) groups is 2. The zero-order valence-corrected chi connectivity index (χ0v) is 16.9. The number of benzene rings is 3. The molecular weight excluding hydrogens is 368 g/mol. The highest BCUT2D eigenvalue weighted by Gasteiger charge is 2.18. The lowest BCUT2D eigenvalue weighted by Gasteiger charge is -2.18. The number of allylic oxidation sites excluding steroid dienone is 2. The van der Waals surface area contributed by atoms with E-state index in [9.17, 15) is 9.59 Å². The topological polar surface area (TPSA) is 34.1 Å². The minimum Gasteiger partial charge on any atom is -0.299 e. The van der Waals surface area contributed by atoms with Gasteiger partial charge in [0.25, 0.3) is 0 Å². The van der Waals surface area contributed by atoms with Crippen molar-refractivity contribution >= 4 is 34.4 Å². The number of carbonyl (C=O) groups excluding carboxylic acids is 2. The van der Waals surface area contributed by atoms with Gasteiger partial charge < -0.3 is 0 Å². The SMILES string of the molecule is CC(=CC=O)C(CC(=O)c1ccc(C)cc1)Cc1ccc2cc(Cl)ccc2c1. The molecule has 0 fully saturated rings. The molecule has 0 saturated heterocycles. The summed E-state index contributed by atoms with van der Waals surface area (Å²) in [4.78, 5) is 23.8. The van der Waals surface area contributed by atoms with Crippen molar-refractivity contribution < 1.29 is 9.59 Å². The van der Waals surface area contributed by atoms with Gasteiger partial charge in [0.2, 0.25) is 0 Å². The molecule has 0 spiro atoms. The molecule has 3 aromatic carbocycles. The minimum absolute atomic E-state index is 0.0243. The van der Waals surface area contributed by atoms with Crippen LogP contribution < -0.4 is 0 Å². The van der Waals surface area contributed by atoms with E-state index in [1.165, 1.54) is 0 Å². The van der Waals surface area contributed by atoms with Gasteiger partial charge in [-0.3, -0.25) is 9.59 Å². The summed E-state index contributed by atoms with van der Waals surface area (Å²) in [6.07, 6.45) is 3.43. The van der Waals surface area contributed by atoms with Crippen LogP contribution in [0.15, 0.2) is 72.3 Å². The molecule has 3 aromatic rings. The molecule has 0 N–H and O–H groups in total. The molecule has 0 aromatic heterocycles. The van der Waals surface area contributed by atoms with Gasteiger partial charge in [0.15, 0.2) is 5.78 Å². The van der Waals surface area contributed by atoms with Crippen LogP contribution in [-0.4, -0.2) is 12.1 Å². The maximum atomic E-state index is 12.8. The van der Waals surface area contributed by atoms with Gasteiger partial charge in [-0.25, -0.2) is 0 Å². The molecule has 0 aliphatic carbocycles. The van der Waals surface area contributed by atoms with Gasteiger partial charge in [-0.2, -0.15) is 0 Å². The molecule has 0 saturated carbocycles. The number of aldehydes is 1. The fourth-order valence-corrected chi connectivity index (χ4v) is 3.58.